The molecule has 35 nitrogen and oxygen atoms in total. The number of hydrogen-bond acceptors (Lipinski definition) is 27. The number of thiazole rings is 3. The Kier molecular flexibility index (Phi) is 28.8. The van der Waals surface area contributed by atoms with Crippen molar-refractivity contribution in [3.05, 3.63) is 224 Å². The van der Waals surface area contributed by atoms with Gasteiger partial charge in [-0.1, -0.05) is 133 Å². The van der Waals surface area contributed by atoms with Crippen LogP contribution in [0.4, 0.5) is 29.1 Å². The number of aryl methyl sites for hydroxylation is 1. The lowest BCUT2D eigenvalue weighted by Crippen LogP contribution is -2.37. The van der Waals surface area contributed by atoms with Gasteiger partial charge in [0.05, 0.1) is 40.6 Å². The number of nitrogens with two attached hydrogens (primary N) is 6. The number of nitrogens with one attached hydrogen (secondary N) is 2. The van der Waals surface area contributed by atoms with Crippen LogP contribution < -0.4 is 45.0 Å². The Labute approximate surface area is 802 Å². The smallest absolute Gasteiger partial charge is 0.270 e. The van der Waals surface area contributed by atoms with E-state index < -0.39 is 99.8 Å². The number of amides is 8. The van der Waals surface area contributed by atoms with Gasteiger partial charge in [0, 0.05) is 175 Å². The van der Waals surface area contributed by atoms with E-state index in [0.717, 1.165) is 76.8 Å². The minimum absolute atomic E-state index is 0. The summed E-state index contributed by atoms with van der Waals surface area (Å²) < 4.78 is 47.2. The minimum atomic E-state index is -2.94. The lowest BCUT2D eigenvalue weighted by molar-refractivity contribution is -0.138. The van der Waals surface area contributed by atoms with E-state index in [0.29, 0.717) is 120 Å². The molecule has 41 heteroatoms. The van der Waals surface area contributed by atoms with Gasteiger partial charge in [-0.2, -0.15) is 20.3 Å². The van der Waals surface area contributed by atoms with Crippen LogP contribution in [0.3, 0.4) is 0 Å². The highest BCUT2D eigenvalue weighted by Crippen LogP contribution is 2.40. The number of benzene rings is 5. The number of nitrogen functional groups attached to an aromatic ring is 1. The zero-order chi connectivity index (χ0) is 98.9. The number of carbonyl (C=O) groups excluding carboxylic acids is 8. The molecule has 712 valence electrons. The Morgan fingerprint density at radius 3 is 1.34 bits per heavy atom. The fourth-order valence-corrected chi connectivity index (χ4v) is 18.4. The zero-order valence-electron chi connectivity index (χ0n) is 75.1. The van der Waals surface area contributed by atoms with Gasteiger partial charge >= 0.3 is 0 Å². The van der Waals surface area contributed by atoms with E-state index >= 15 is 0 Å². The molecule has 1 aliphatic carbocycles. The molecule has 6 aliphatic heterocycles. The van der Waals surface area contributed by atoms with E-state index in [1.54, 1.807) is 113 Å². The van der Waals surface area contributed by atoms with Crippen molar-refractivity contribution in [3.63, 3.8) is 0 Å². The van der Waals surface area contributed by atoms with E-state index in [-0.39, 0.29) is 71.3 Å². The predicted octanol–water partition coefficient (Wildman–Crippen LogP) is 5.84. The Hall–Kier alpha value is -15.5. The molecular weight excluding hydrogens is 1830 g/mol. The number of alkyl halides is 2. The maximum absolute atomic E-state index is 14.2. The van der Waals surface area contributed by atoms with Crippen LogP contribution in [-0.2, 0) is 33.6 Å². The molecular formula is C97H97F3N22O13S3. The molecule has 0 spiro atoms. The van der Waals surface area contributed by atoms with Crippen molar-refractivity contribution in [2.24, 2.45) is 28.7 Å². The second kappa shape index (κ2) is 39.8. The normalized spacial score (nSPS) is 20.1. The Bertz CT molecular complexity index is 7180. The standard InChI is InChI=1S/C21H20F2N4O2.C21H23N5O2.C19H18N6O3S.C18H16FN3O3S.C17H16N4O3S.CH4/c1-13-20(29,8-9-26(13)2)7-6-14-4-3-5-15(10-14)27-17-12-21(22,23)11-16(17)18(25-27)19(24)28;1-14-21(28,10-12-25(14)2)9-8-15-5-3-6-16(13-15)26-20-17(7-4-11-23-20)18(24-26)19(22)27;1-21-18-22-16-14(29-18)13(15(20)26)23-25(16)12-5-3-4-11(10-12)6-7-19(28)8-9-24(2)17(19)27;1-10-14(15(20)23)21-16(26-10)12-9-11(3-4-13(12)19)5-6-18(25)7-8-22(2)17(18)24;1-21-8-7-17(24,16(21)23)6-5-10-3-2-4-11(9-10)15-20-12(13(18)22)14(19)25-15;/h3-5,10,29H,1,8-9,11-12H2,2H3,(H2,24,28);3,5-6,13,23,28H,1,4,7,10-12H2,2H3,(H2,22,27);3-5,10,28H,8-9H2,1-2H3,(H2,20,26)(H,21,22);3-4,9,25H,7-8H2,1-2H3,(H2,20,23);2-4,9,24H,7-8,19H2,1H3,(H2,18,22);1H4/t20-;21-;19-;18-;17-;/m00000./s1. The SMILES string of the molecule is C.C=C1N(C)CC[C@@]1(O)C#Cc1cccc(-n2nc(C(N)=O)c3c2CC(F)(F)C3)c1.C=C1N(C)CC[C@@]1(O)C#Cc1cccc(-n2nc(C(N)=O)c3c2NCCC3)c1.CN1CC[C@@](O)(C#Cc2cccc(-c3nc(C(N)=O)c(N)s3)c2)C1=O.CNc1nc2c(s1)c(C(N)=O)nn2-c1cccc(C#C[C@]2(O)CCN(C)C2=O)c1.Cc1sc(-c2cc(C#C[C@]3(O)CCN(C)C3=O)ccc2F)nc1C(N)=O. The molecule has 6 aromatic heterocycles. The summed E-state index contributed by atoms with van der Waals surface area (Å²) in [5.74, 6) is 21.0. The number of fused-ring (bicyclic) bond motifs is 3. The quantitative estimate of drug-likeness (QED) is 0.0676. The highest BCUT2D eigenvalue weighted by atomic mass is 32.1. The Morgan fingerprint density at radius 2 is 0.899 bits per heavy atom. The average molecular weight is 1930 g/mol. The number of aromatic nitrogens is 9. The van der Waals surface area contributed by atoms with Gasteiger partial charge in [-0.3, -0.25) is 38.4 Å². The molecule has 12 heterocycles. The number of hydrogen-bond donors (Lipinski definition) is 13. The first-order valence-corrected chi connectivity index (χ1v) is 45.0. The number of anilines is 3. The number of likely N-dealkylation sites (tertiary alicyclic amines) is 5. The number of nitrogens with zero attached hydrogens (tertiary/aromatic N) is 14. The fraction of sp³-hybridized carbons (Fsp3) is 0.299. The van der Waals surface area contributed by atoms with Crippen molar-refractivity contribution in [3.8, 4) is 97.4 Å². The highest BCUT2D eigenvalue weighted by molar-refractivity contribution is 7.22. The maximum atomic E-state index is 14.2. The molecule has 7 aliphatic rings. The summed E-state index contributed by atoms with van der Waals surface area (Å²) in [6.45, 7) is 13.1. The zero-order valence-corrected chi connectivity index (χ0v) is 77.5. The van der Waals surface area contributed by atoms with Crippen LogP contribution in [0.2, 0.25) is 0 Å². The second-order valence-corrected chi connectivity index (χ2v) is 36.5. The van der Waals surface area contributed by atoms with Gasteiger partial charge in [0.2, 0.25) is 16.8 Å². The third-order valence-electron chi connectivity index (χ3n) is 23.6. The molecule has 0 radical (unpaired) electrons. The molecule has 11 aromatic rings. The van der Waals surface area contributed by atoms with Crippen molar-refractivity contribution >= 4 is 108 Å². The molecule has 5 aromatic carbocycles. The van der Waals surface area contributed by atoms with Crippen LogP contribution in [-0.4, -0.2) is 257 Å². The van der Waals surface area contributed by atoms with Crippen LogP contribution in [0.15, 0.2) is 140 Å². The van der Waals surface area contributed by atoms with Gasteiger partial charge < -0.3 is 95.1 Å². The summed E-state index contributed by atoms with van der Waals surface area (Å²) in [4.78, 5) is 115. The van der Waals surface area contributed by atoms with Gasteiger partial charge in [0.1, 0.15) is 37.0 Å². The summed E-state index contributed by atoms with van der Waals surface area (Å²) >= 11 is 3.60. The van der Waals surface area contributed by atoms with Crippen LogP contribution in [0.5, 0.6) is 0 Å². The molecule has 5 saturated heterocycles. The topological polar surface area (TPSA) is 526 Å². The minimum Gasteiger partial charge on any atom is -0.389 e. The van der Waals surface area contributed by atoms with Crippen LogP contribution in [0.25, 0.3) is 48.6 Å². The van der Waals surface area contributed by atoms with Gasteiger partial charge in [-0.25, -0.2) is 37.2 Å². The first-order valence-electron chi connectivity index (χ1n) is 42.5. The lowest BCUT2D eigenvalue weighted by atomic mass is 10.0. The largest absolute Gasteiger partial charge is 0.389 e. The van der Waals surface area contributed by atoms with E-state index in [1.807, 2.05) is 48.2 Å². The van der Waals surface area contributed by atoms with Gasteiger partial charge in [0.15, 0.2) is 44.8 Å². The lowest BCUT2D eigenvalue weighted by Gasteiger charge is -2.19. The van der Waals surface area contributed by atoms with Gasteiger partial charge in [0.25, 0.3) is 53.2 Å². The monoisotopic (exact) mass is 1930 g/mol. The number of rotatable bonds is 11. The van der Waals surface area contributed by atoms with Gasteiger partial charge in [-0.15, -0.1) is 11.3 Å². The van der Waals surface area contributed by atoms with E-state index in [9.17, 15) is 77.1 Å². The summed E-state index contributed by atoms with van der Waals surface area (Å²) in [5.41, 5.74) is 34.2. The van der Waals surface area contributed by atoms with Crippen LogP contribution >= 0.6 is 34.0 Å². The number of primary amides is 5. The Balaban J connectivity index is 0.000000145. The van der Waals surface area contributed by atoms with Gasteiger partial charge in [-0.05, 0) is 105 Å². The predicted molar refractivity (Wildman–Crippen MR) is 515 cm³/mol. The fourth-order valence-electron chi connectivity index (χ4n) is 15.7. The number of likely N-dealkylation sites (N-methyl/N-ethyl adjacent to an activating group) is 5. The summed E-state index contributed by atoms with van der Waals surface area (Å²) in [5, 5.41) is 73.4. The third kappa shape index (κ3) is 21.0. The number of aliphatic hydroxyl groups is 5. The molecule has 5 atom stereocenters. The molecule has 18 rings (SSSR count). The molecule has 0 saturated carbocycles. The molecule has 0 bridgehead atoms. The molecule has 138 heavy (non-hydrogen) atoms. The molecule has 5 fully saturated rings. The van der Waals surface area contributed by atoms with Crippen LogP contribution in [0.1, 0.15) is 148 Å². The maximum Gasteiger partial charge on any atom is 0.270 e. The van der Waals surface area contributed by atoms with Crippen LogP contribution in [0, 0.1) is 71.9 Å². The van der Waals surface area contributed by atoms with Crippen molar-refractivity contribution in [1.29, 1.82) is 0 Å². The third-order valence-corrected chi connectivity index (χ3v) is 26.6. The second-order valence-electron chi connectivity index (χ2n) is 33.3. The molecule has 0 unspecified atom stereocenters. The van der Waals surface area contributed by atoms with Crippen molar-refractivity contribution in [1.82, 2.24) is 68.8 Å². The molecule has 19 N–H and O–H groups in total. The highest BCUT2D eigenvalue weighted by Gasteiger charge is 2.47. The van der Waals surface area contributed by atoms with Crippen molar-refractivity contribution in [2.45, 2.75) is 106 Å². The summed E-state index contributed by atoms with van der Waals surface area (Å²) in [6.07, 6.45) is 2.39. The van der Waals surface area contributed by atoms with E-state index in [2.05, 4.69) is 113 Å². The number of halogens is 3. The van der Waals surface area contributed by atoms with Crippen molar-refractivity contribution < 1.29 is 77.1 Å². The Morgan fingerprint density at radius 1 is 0.486 bits per heavy atom. The summed E-state index contributed by atoms with van der Waals surface area (Å²) in [6, 6.07) is 32.7. The first-order chi connectivity index (χ1) is 64.8. The van der Waals surface area contributed by atoms with Crippen molar-refractivity contribution in [2.75, 3.05) is 97.9 Å². The van der Waals surface area contributed by atoms with E-state index in [1.165, 1.54) is 53.6 Å². The summed E-state index contributed by atoms with van der Waals surface area (Å²) in [7, 11) is 10.3. The molecule has 8 amide bonds. The van der Waals surface area contributed by atoms with E-state index in [4.69, 9.17) is 34.4 Å². The first kappa shape index (κ1) is 100.0. The average Bonchev–Trinajstić information content (AvgIpc) is 1.60. The number of carbonyl (C=O) groups is 8.